The van der Waals surface area contributed by atoms with Gasteiger partial charge in [0.15, 0.2) is 10.2 Å². The average Bonchev–Trinajstić information content (AvgIpc) is 2.47. The van der Waals surface area contributed by atoms with Crippen LogP contribution in [0.25, 0.3) is 0 Å². The second kappa shape index (κ2) is 11.4. The number of rotatable bonds is 9. The molecule has 0 aliphatic carbocycles. The van der Waals surface area contributed by atoms with Crippen molar-refractivity contribution in [2.45, 2.75) is 13.8 Å². The van der Waals surface area contributed by atoms with E-state index in [9.17, 15) is 0 Å². The van der Waals surface area contributed by atoms with Crippen LogP contribution >= 0.6 is 24.4 Å². The standard InChI is InChI=1S/C16H34N8S2/c1-13(19-21-15(25)17-9-11-23(3,4)5)14(2)20-22-16(26)18-10-12-24(6,7)8/h9-12H2,1-8H3,(H2-2,17,18,19,20,21,22,25,26)/p+2. The maximum atomic E-state index is 5.21. The molecule has 0 aromatic heterocycles. The lowest BCUT2D eigenvalue weighted by molar-refractivity contribution is -0.869. The minimum atomic E-state index is 0.496. The number of hydrogen-bond donors (Lipinski definition) is 4. The fourth-order valence-corrected chi connectivity index (χ4v) is 1.82. The van der Waals surface area contributed by atoms with E-state index in [1.807, 2.05) is 13.8 Å². The van der Waals surface area contributed by atoms with Crippen LogP contribution in [0.5, 0.6) is 0 Å². The summed E-state index contributed by atoms with van der Waals surface area (Å²) in [6.45, 7) is 7.21. The van der Waals surface area contributed by atoms with Crippen LogP contribution in [0.2, 0.25) is 0 Å². The number of likely N-dealkylation sites (N-methyl/N-ethyl adjacent to an activating group) is 2. The van der Waals surface area contributed by atoms with Crippen LogP contribution in [-0.4, -0.2) is 99.1 Å². The first-order valence-electron chi connectivity index (χ1n) is 8.58. The lowest BCUT2D eigenvalue weighted by atomic mass is 10.3. The van der Waals surface area contributed by atoms with Gasteiger partial charge >= 0.3 is 0 Å². The number of hydrazone groups is 2. The van der Waals surface area contributed by atoms with Crippen molar-refractivity contribution in [3.63, 3.8) is 0 Å². The SMILES string of the molecule is CC(=NNC(=S)NCC[N+](C)(C)C)C(C)=NNC(=S)NCC[N+](C)(C)C. The van der Waals surface area contributed by atoms with E-state index in [2.05, 4.69) is 74.0 Å². The number of nitrogens with one attached hydrogen (secondary N) is 4. The number of quaternary nitrogens is 2. The van der Waals surface area contributed by atoms with Crippen LogP contribution < -0.4 is 21.5 Å². The second-order valence-corrected chi connectivity index (χ2v) is 8.97. The highest BCUT2D eigenvalue weighted by Crippen LogP contribution is 1.88. The van der Waals surface area contributed by atoms with E-state index in [1.165, 1.54) is 0 Å². The molecule has 0 saturated carbocycles. The Hall–Kier alpha value is -1.36. The summed E-state index contributed by atoms with van der Waals surface area (Å²) in [5.74, 6) is 0. The Morgan fingerprint density at radius 1 is 0.692 bits per heavy atom. The smallest absolute Gasteiger partial charge is 0.187 e. The van der Waals surface area contributed by atoms with Crippen molar-refractivity contribution >= 4 is 46.1 Å². The highest BCUT2D eigenvalue weighted by Gasteiger charge is 2.07. The van der Waals surface area contributed by atoms with Gasteiger partial charge in [-0.05, 0) is 38.3 Å². The molecule has 0 aliphatic heterocycles. The number of thiocarbonyl (C=S) groups is 2. The summed E-state index contributed by atoms with van der Waals surface area (Å²) in [6.07, 6.45) is 0. The monoisotopic (exact) mass is 404 g/mol. The summed E-state index contributed by atoms with van der Waals surface area (Å²) < 4.78 is 1.75. The highest BCUT2D eigenvalue weighted by molar-refractivity contribution is 7.80. The van der Waals surface area contributed by atoms with Crippen molar-refractivity contribution in [3.8, 4) is 0 Å². The number of nitrogens with zero attached hydrogens (tertiary/aromatic N) is 4. The summed E-state index contributed by atoms with van der Waals surface area (Å²) in [5, 5.41) is 15.7. The third kappa shape index (κ3) is 14.9. The third-order valence-electron chi connectivity index (χ3n) is 3.31. The van der Waals surface area contributed by atoms with Crippen molar-refractivity contribution in [3.05, 3.63) is 0 Å². The van der Waals surface area contributed by atoms with Gasteiger partial charge in [0.1, 0.15) is 0 Å². The first-order valence-corrected chi connectivity index (χ1v) is 9.39. The van der Waals surface area contributed by atoms with E-state index in [4.69, 9.17) is 24.4 Å². The molecule has 0 unspecified atom stereocenters. The zero-order valence-corrected chi connectivity index (χ0v) is 19.1. The molecule has 26 heavy (non-hydrogen) atoms. The summed E-state index contributed by atoms with van der Waals surface area (Å²) in [7, 11) is 12.8. The molecule has 0 saturated heterocycles. The molecule has 0 rings (SSSR count). The fraction of sp³-hybridized carbons (Fsp3) is 0.750. The van der Waals surface area contributed by atoms with E-state index in [0.29, 0.717) is 10.2 Å². The molecule has 0 aromatic carbocycles. The van der Waals surface area contributed by atoms with Crippen molar-refractivity contribution in [1.29, 1.82) is 0 Å². The van der Waals surface area contributed by atoms with Gasteiger partial charge in [-0.15, -0.1) is 0 Å². The molecule has 4 N–H and O–H groups in total. The van der Waals surface area contributed by atoms with Gasteiger partial charge < -0.3 is 19.6 Å². The summed E-state index contributed by atoms with van der Waals surface area (Å²) in [6, 6.07) is 0. The highest BCUT2D eigenvalue weighted by atomic mass is 32.1. The minimum absolute atomic E-state index is 0.496. The zero-order chi connectivity index (χ0) is 20.4. The Kier molecular flexibility index (Phi) is 10.8. The maximum absolute atomic E-state index is 5.21. The molecule has 150 valence electrons. The molecule has 0 atom stereocenters. The molecule has 0 heterocycles. The van der Waals surface area contributed by atoms with Crippen molar-refractivity contribution in [1.82, 2.24) is 21.5 Å². The molecule has 0 fully saturated rings. The van der Waals surface area contributed by atoms with Gasteiger partial charge in [-0.25, -0.2) is 0 Å². The summed E-state index contributed by atoms with van der Waals surface area (Å²) in [4.78, 5) is 0. The predicted molar refractivity (Wildman–Crippen MR) is 119 cm³/mol. The predicted octanol–water partition coefficient (Wildman–Crippen LogP) is 0.0788. The van der Waals surface area contributed by atoms with E-state index < -0.39 is 0 Å². The minimum Gasteiger partial charge on any atom is -0.356 e. The Balaban J connectivity index is 4.24. The molecule has 0 amide bonds. The van der Waals surface area contributed by atoms with Crippen LogP contribution in [0.1, 0.15) is 13.8 Å². The quantitative estimate of drug-likeness (QED) is 0.189. The molecular formula is C16H36N8S2+2. The van der Waals surface area contributed by atoms with Gasteiger partial charge in [-0.1, -0.05) is 0 Å². The molecule has 0 spiro atoms. The van der Waals surface area contributed by atoms with Gasteiger partial charge in [-0.2, -0.15) is 10.2 Å². The van der Waals surface area contributed by atoms with E-state index in [-0.39, 0.29) is 0 Å². The normalized spacial score (nSPS) is 13.2. The molecule has 0 aliphatic rings. The molecule has 0 bridgehead atoms. The van der Waals surface area contributed by atoms with Gasteiger partial charge in [-0.3, -0.25) is 10.9 Å². The lowest BCUT2D eigenvalue weighted by Crippen LogP contribution is -2.44. The fourth-order valence-electron chi connectivity index (χ4n) is 1.52. The van der Waals surface area contributed by atoms with Crippen LogP contribution in [0.3, 0.4) is 0 Å². The topological polar surface area (TPSA) is 72.8 Å². The van der Waals surface area contributed by atoms with E-state index >= 15 is 0 Å². The van der Waals surface area contributed by atoms with Gasteiger partial charge in [0.05, 0.1) is 79.9 Å². The molecule has 0 radical (unpaired) electrons. The van der Waals surface area contributed by atoms with Crippen LogP contribution in [-0.2, 0) is 0 Å². The Labute approximate surface area is 169 Å². The van der Waals surface area contributed by atoms with Crippen LogP contribution in [0.4, 0.5) is 0 Å². The van der Waals surface area contributed by atoms with Gasteiger partial charge in [0, 0.05) is 0 Å². The molecule has 10 heteroatoms. The third-order valence-corrected chi connectivity index (χ3v) is 3.78. The second-order valence-electron chi connectivity index (χ2n) is 8.16. The van der Waals surface area contributed by atoms with Gasteiger partial charge in [0.25, 0.3) is 0 Å². The lowest BCUT2D eigenvalue weighted by Gasteiger charge is -2.24. The number of hydrogen-bond acceptors (Lipinski definition) is 4. The molecule has 8 nitrogen and oxygen atoms in total. The van der Waals surface area contributed by atoms with Gasteiger partial charge in [0.2, 0.25) is 0 Å². The maximum Gasteiger partial charge on any atom is 0.187 e. The van der Waals surface area contributed by atoms with Crippen LogP contribution in [0, 0.1) is 0 Å². The first-order chi connectivity index (χ1) is 11.8. The Bertz CT molecular complexity index is 481. The Morgan fingerprint density at radius 2 is 1.00 bits per heavy atom. The Morgan fingerprint density at radius 3 is 1.27 bits per heavy atom. The first kappa shape index (κ1) is 24.6. The van der Waals surface area contributed by atoms with Crippen LogP contribution in [0.15, 0.2) is 10.2 Å². The zero-order valence-electron chi connectivity index (χ0n) is 17.4. The molecule has 0 aromatic rings. The summed E-state index contributed by atoms with van der Waals surface area (Å²) >= 11 is 10.4. The van der Waals surface area contributed by atoms with Crippen molar-refractivity contribution in [2.75, 3.05) is 68.5 Å². The largest absolute Gasteiger partial charge is 0.356 e. The van der Waals surface area contributed by atoms with Crippen molar-refractivity contribution < 1.29 is 8.97 Å². The molecular weight excluding hydrogens is 368 g/mol. The summed E-state index contributed by atoms with van der Waals surface area (Å²) in [5.41, 5.74) is 7.11. The average molecular weight is 405 g/mol. The van der Waals surface area contributed by atoms with Crippen molar-refractivity contribution in [2.24, 2.45) is 10.2 Å². The van der Waals surface area contributed by atoms with E-state index in [1.54, 1.807) is 0 Å². The van der Waals surface area contributed by atoms with E-state index in [0.717, 1.165) is 46.6 Å².